The summed E-state index contributed by atoms with van der Waals surface area (Å²) < 4.78 is 11.3. The van der Waals surface area contributed by atoms with Gasteiger partial charge in [0.05, 0.1) is 6.61 Å². The Kier molecular flexibility index (Phi) is 5.76. The summed E-state index contributed by atoms with van der Waals surface area (Å²) >= 11 is 3.38. The number of ether oxygens (including phenoxy) is 2. The average Bonchev–Trinajstić information content (AvgIpc) is 2.48. The lowest BCUT2D eigenvalue weighted by atomic mass is 10.2. The lowest BCUT2D eigenvalue weighted by molar-refractivity contribution is 0.301. The summed E-state index contributed by atoms with van der Waals surface area (Å²) in [4.78, 5) is 0. The van der Waals surface area contributed by atoms with Crippen LogP contribution >= 0.6 is 15.9 Å². The van der Waals surface area contributed by atoms with Crippen LogP contribution in [0.25, 0.3) is 0 Å². The van der Waals surface area contributed by atoms with E-state index in [0.29, 0.717) is 6.61 Å². The van der Waals surface area contributed by atoms with Gasteiger partial charge in [0.2, 0.25) is 0 Å². The number of benzene rings is 2. The maximum absolute atomic E-state index is 5.71. The quantitative estimate of drug-likeness (QED) is 0.555. The molecule has 0 unspecified atom stereocenters. The van der Waals surface area contributed by atoms with E-state index < -0.39 is 0 Å². The summed E-state index contributed by atoms with van der Waals surface area (Å²) in [5, 5.41) is 0.964. The fourth-order valence-electron chi connectivity index (χ4n) is 1.62. The molecule has 19 heavy (non-hydrogen) atoms. The number of rotatable bonds is 7. The fraction of sp³-hybridized carbons (Fsp3) is 0.250. The van der Waals surface area contributed by atoms with Crippen LogP contribution in [0.2, 0.25) is 0 Å². The van der Waals surface area contributed by atoms with Gasteiger partial charge in [-0.2, -0.15) is 0 Å². The second kappa shape index (κ2) is 7.85. The van der Waals surface area contributed by atoms with Crippen molar-refractivity contribution >= 4 is 15.9 Å². The minimum Gasteiger partial charge on any atom is -0.494 e. The van der Waals surface area contributed by atoms with Crippen LogP contribution in [0.3, 0.4) is 0 Å². The Balaban J connectivity index is 1.81. The van der Waals surface area contributed by atoms with Crippen molar-refractivity contribution in [2.75, 3.05) is 11.9 Å². The topological polar surface area (TPSA) is 18.5 Å². The van der Waals surface area contributed by atoms with Crippen LogP contribution in [0.15, 0.2) is 54.6 Å². The maximum Gasteiger partial charge on any atom is 0.120 e. The minimum atomic E-state index is 0.588. The molecule has 100 valence electrons. The first-order valence-electron chi connectivity index (χ1n) is 6.34. The highest BCUT2D eigenvalue weighted by molar-refractivity contribution is 9.09. The van der Waals surface area contributed by atoms with Crippen molar-refractivity contribution in [2.24, 2.45) is 0 Å². The molecule has 0 atom stereocenters. The Morgan fingerprint density at radius 2 is 1.42 bits per heavy atom. The lowest BCUT2D eigenvalue weighted by Crippen LogP contribution is -1.98. The molecule has 0 aliphatic carbocycles. The Labute approximate surface area is 122 Å². The second-order valence-electron chi connectivity index (χ2n) is 4.14. The largest absolute Gasteiger partial charge is 0.494 e. The maximum atomic E-state index is 5.71. The van der Waals surface area contributed by atoms with Gasteiger partial charge in [-0.3, -0.25) is 0 Å². The molecule has 0 aliphatic rings. The van der Waals surface area contributed by atoms with Gasteiger partial charge in [0.1, 0.15) is 18.1 Å². The third-order valence-electron chi connectivity index (χ3n) is 2.62. The molecule has 0 amide bonds. The number of hydrogen-bond acceptors (Lipinski definition) is 2. The number of hydrogen-bond donors (Lipinski definition) is 0. The second-order valence-corrected chi connectivity index (χ2v) is 4.93. The van der Waals surface area contributed by atoms with E-state index in [1.807, 2.05) is 42.5 Å². The normalized spacial score (nSPS) is 10.2. The third-order valence-corrected chi connectivity index (χ3v) is 3.18. The summed E-state index contributed by atoms with van der Waals surface area (Å²) in [6.07, 6.45) is 1.01. The van der Waals surface area contributed by atoms with Crippen LogP contribution in [0.1, 0.15) is 12.0 Å². The molecule has 0 bridgehead atoms. The zero-order chi connectivity index (χ0) is 13.3. The van der Waals surface area contributed by atoms with Gasteiger partial charge >= 0.3 is 0 Å². The van der Waals surface area contributed by atoms with Crippen molar-refractivity contribution in [2.45, 2.75) is 13.0 Å². The van der Waals surface area contributed by atoms with Gasteiger partial charge in [-0.25, -0.2) is 0 Å². The molecule has 0 saturated heterocycles. The van der Waals surface area contributed by atoms with Gasteiger partial charge in [0, 0.05) is 5.33 Å². The molecule has 0 saturated carbocycles. The predicted octanol–water partition coefficient (Wildman–Crippen LogP) is 4.43. The first kappa shape index (κ1) is 13.9. The summed E-state index contributed by atoms with van der Waals surface area (Å²) in [6.45, 7) is 1.32. The zero-order valence-electron chi connectivity index (χ0n) is 10.7. The summed E-state index contributed by atoms with van der Waals surface area (Å²) in [5.41, 5.74) is 1.17. The smallest absolute Gasteiger partial charge is 0.120 e. The lowest BCUT2D eigenvalue weighted by Gasteiger charge is -2.08. The molecular weight excluding hydrogens is 304 g/mol. The third kappa shape index (κ3) is 4.95. The molecular formula is C16H17BrO2. The minimum absolute atomic E-state index is 0.588. The van der Waals surface area contributed by atoms with E-state index >= 15 is 0 Å². The van der Waals surface area contributed by atoms with E-state index in [0.717, 1.165) is 29.9 Å². The molecule has 2 nitrogen and oxygen atoms in total. The van der Waals surface area contributed by atoms with Gasteiger partial charge in [-0.15, -0.1) is 0 Å². The van der Waals surface area contributed by atoms with Crippen LogP contribution in [-0.2, 0) is 6.61 Å². The molecule has 2 rings (SSSR count). The van der Waals surface area contributed by atoms with Crippen LogP contribution < -0.4 is 9.47 Å². The van der Waals surface area contributed by atoms with Crippen LogP contribution in [0, 0.1) is 0 Å². The van der Waals surface area contributed by atoms with Crippen LogP contribution in [-0.4, -0.2) is 11.9 Å². The van der Waals surface area contributed by atoms with Gasteiger partial charge in [0.25, 0.3) is 0 Å². The first-order valence-corrected chi connectivity index (χ1v) is 7.46. The van der Waals surface area contributed by atoms with Crippen molar-refractivity contribution in [1.82, 2.24) is 0 Å². The van der Waals surface area contributed by atoms with E-state index in [9.17, 15) is 0 Å². The van der Waals surface area contributed by atoms with Gasteiger partial charge < -0.3 is 9.47 Å². The Morgan fingerprint density at radius 1 is 0.789 bits per heavy atom. The Hall–Kier alpha value is -1.48. The predicted molar refractivity (Wildman–Crippen MR) is 81.1 cm³/mol. The van der Waals surface area contributed by atoms with E-state index in [-0.39, 0.29) is 0 Å². The van der Waals surface area contributed by atoms with Crippen molar-refractivity contribution < 1.29 is 9.47 Å². The van der Waals surface area contributed by atoms with Crippen LogP contribution in [0.5, 0.6) is 11.5 Å². The van der Waals surface area contributed by atoms with E-state index in [1.54, 1.807) is 0 Å². The molecule has 0 radical (unpaired) electrons. The molecule has 0 spiro atoms. The molecule has 0 fully saturated rings. The molecule has 2 aromatic carbocycles. The van der Waals surface area contributed by atoms with E-state index in [2.05, 4.69) is 28.1 Å². The SMILES string of the molecule is BrCCCOc1ccc(OCc2ccccc2)cc1. The molecule has 0 aliphatic heterocycles. The summed E-state index contributed by atoms with van der Waals surface area (Å²) in [6, 6.07) is 17.9. The number of halogens is 1. The highest BCUT2D eigenvalue weighted by Gasteiger charge is 1.97. The zero-order valence-corrected chi connectivity index (χ0v) is 12.3. The van der Waals surface area contributed by atoms with Gasteiger partial charge in [0.15, 0.2) is 0 Å². The first-order chi connectivity index (χ1) is 9.38. The highest BCUT2D eigenvalue weighted by Crippen LogP contribution is 2.18. The fourth-order valence-corrected chi connectivity index (χ4v) is 1.85. The molecule has 0 heterocycles. The van der Waals surface area contributed by atoms with Crippen LogP contribution in [0.4, 0.5) is 0 Å². The standard InChI is InChI=1S/C16H17BrO2/c17-11-4-12-18-15-7-9-16(10-8-15)19-13-14-5-2-1-3-6-14/h1-3,5-10H,4,11-13H2. The monoisotopic (exact) mass is 320 g/mol. The molecule has 3 heteroatoms. The van der Waals surface area contributed by atoms with Gasteiger partial charge in [-0.1, -0.05) is 46.3 Å². The Bertz CT molecular complexity index is 468. The molecule has 2 aromatic rings. The summed E-state index contributed by atoms with van der Waals surface area (Å²) in [7, 11) is 0. The summed E-state index contributed by atoms with van der Waals surface area (Å²) in [5.74, 6) is 1.74. The molecule has 0 aromatic heterocycles. The Morgan fingerprint density at radius 3 is 2.05 bits per heavy atom. The van der Waals surface area contributed by atoms with Crippen molar-refractivity contribution in [3.05, 3.63) is 60.2 Å². The molecule has 0 N–H and O–H groups in total. The highest BCUT2D eigenvalue weighted by atomic mass is 79.9. The van der Waals surface area contributed by atoms with Gasteiger partial charge in [-0.05, 0) is 36.2 Å². The van der Waals surface area contributed by atoms with Crippen molar-refractivity contribution in [3.8, 4) is 11.5 Å². The van der Waals surface area contributed by atoms with E-state index in [4.69, 9.17) is 9.47 Å². The van der Waals surface area contributed by atoms with Crippen molar-refractivity contribution in [3.63, 3.8) is 0 Å². The average molecular weight is 321 g/mol. The van der Waals surface area contributed by atoms with E-state index in [1.165, 1.54) is 5.56 Å². The van der Waals surface area contributed by atoms with Crippen molar-refractivity contribution in [1.29, 1.82) is 0 Å². The number of alkyl halides is 1.